The Morgan fingerprint density at radius 3 is 2.97 bits per heavy atom. The number of aromatic nitrogens is 4. The molecule has 5 heteroatoms. The minimum absolute atomic E-state index is 0.248. The van der Waals surface area contributed by atoms with Crippen LogP contribution in [0.2, 0.25) is 0 Å². The van der Waals surface area contributed by atoms with Crippen molar-refractivity contribution in [3.05, 3.63) is 65.1 Å². The Balaban J connectivity index is 1.25. The van der Waals surface area contributed by atoms with Gasteiger partial charge in [0, 0.05) is 37.0 Å². The van der Waals surface area contributed by atoms with Gasteiger partial charge in [-0.3, -0.25) is 9.78 Å². The van der Waals surface area contributed by atoms with Crippen molar-refractivity contribution in [2.24, 2.45) is 18.9 Å². The van der Waals surface area contributed by atoms with Gasteiger partial charge < -0.3 is 5.32 Å². The van der Waals surface area contributed by atoms with E-state index < -0.39 is 0 Å². The number of anilines is 1. The highest BCUT2D eigenvalue weighted by molar-refractivity contribution is 5.43. The molecule has 5 nitrogen and oxygen atoms in total. The molecule has 1 fully saturated rings. The van der Waals surface area contributed by atoms with Crippen molar-refractivity contribution in [3.63, 3.8) is 0 Å². The number of hydrogen-bond acceptors (Lipinski definition) is 3. The average Bonchev–Trinajstić information content (AvgIpc) is 3.48. The van der Waals surface area contributed by atoms with Crippen LogP contribution in [0.1, 0.15) is 73.2 Å². The van der Waals surface area contributed by atoms with Gasteiger partial charge in [0.25, 0.3) is 0 Å². The Kier molecular flexibility index (Phi) is 4.48. The lowest BCUT2D eigenvalue weighted by molar-refractivity contribution is 0.0802. The quantitative estimate of drug-likeness (QED) is 0.567. The van der Waals surface area contributed by atoms with Crippen molar-refractivity contribution in [2.45, 2.75) is 62.7 Å². The highest BCUT2D eigenvalue weighted by Gasteiger charge is 2.57. The Morgan fingerprint density at radius 2 is 2.10 bits per heavy atom. The van der Waals surface area contributed by atoms with Crippen LogP contribution in [0.5, 0.6) is 0 Å². The molecule has 1 saturated carbocycles. The van der Waals surface area contributed by atoms with Crippen molar-refractivity contribution < 1.29 is 0 Å². The van der Waals surface area contributed by atoms with Crippen LogP contribution in [0.3, 0.4) is 0 Å². The molecular formula is C26H33N5. The molecule has 3 aliphatic rings. The lowest BCUT2D eigenvalue weighted by Gasteiger charge is -2.50. The molecule has 0 radical (unpaired) electrons. The summed E-state index contributed by atoms with van der Waals surface area (Å²) in [5.74, 6) is 3.82. The van der Waals surface area contributed by atoms with Crippen molar-refractivity contribution in [1.29, 1.82) is 0 Å². The second-order valence-electron chi connectivity index (χ2n) is 10.2. The summed E-state index contributed by atoms with van der Waals surface area (Å²) in [6, 6.07) is 11.3. The maximum Gasteiger partial charge on any atom is 0.147 e. The fourth-order valence-electron chi connectivity index (χ4n) is 7.42. The number of benzene rings is 1. The maximum absolute atomic E-state index is 4.50. The van der Waals surface area contributed by atoms with Gasteiger partial charge in [0.2, 0.25) is 0 Å². The number of aryl methyl sites for hydroxylation is 2. The van der Waals surface area contributed by atoms with Crippen LogP contribution >= 0.6 is 0 Å². The minimum atomic E-state index is 0.248. The number of H-pyrrole nitrogens is 1. The molecule has 5 atom stereocenters. The van der Waals surface area contributed by atoms with Crippen molar-refractivity contribution in [2.75, 3.05) is 11.9 Å². The van der Waals surface area contributed by atoms with E-state index in [0.717, 1.165) is 36.5 Å². The lowest BCUT2D eigenvalue weighted by Crippen LogP contribution is -2.44. The van der Waals surface area contributed by atoms with E-state index in [0.29, 0.717) is 5.92 Å². The first-order chi connectivity index (χ1) is 15.1. The van der Waals surface area contributed by atoms with E-state index in [1.807, 2.05) is 24.0 Å². The van der Waals surface area contributed by atoms with Crippen LogP contribution < -0.4 is 5.32 Å². The van der Waals surface area contributed by atoms with Gasteiger partial charge in [0.05, 0.1) is 6.20 Å². The first kappa shape index (κ1) is 19.1. The van der Waals surface area contributed by atoms with Gasteiger partial charge in [0.15, 0.2) is 0 Å². The van der Waals surface area contributed by atoms with Crippen LogP contribution in [-0.2, 0) is 18.9 Å². The van der Waals surface area contributed by atoms with Gasteiger partial charge in [0.1, 0.15) is 5.82 Å². The summed E-state index contributed by atoms with van der Waals surface area (Å²) in [5, 5.41) is 15.9. The van der Waals surface area contributed by atoms with E-state index in [9.17, 15) is 0 Å². The highest BCUT2D eigenvalue weighted by Crippen LogP contribution is 2.64. The molecular weight excluding hydrogens is 382 g/mol. The summed E-state index contributed by atoms with van der Waals surface area (Å²) in [4.78, 5) is 0. The number of nitrogens with one attached hydrogen (secondary N) is 2. The smallest absolute Gasteiger partial charge is 0.147 e. The molecule has 31 heavy (non-hydrogen) atoms. The van der Waals surface area contributed by atoms with Crippen LogP contribution in [-0.4, -0.2) is 26.5 Å². The third kappa shape index (κ3) is 2.96. The second-order valence-corrected chi connectivity index (χ2v) is 10.2. The molecule has 162 valence electrons. The number of rotatable bonds is 5. The fourth-order valence-corrected chi connectivity index (χ4v) is 7.42. The normalized spacial score (nSPS) is 30.9. The van der Waals surface area contributed by atoms with Gasteiger partial charge in [-0.05, 0) is 78.9 Å². The number of hydrogen-bond donors (Lipinski definition) is 2. The molecule has 3 aliphatic carbocycles. The molecule has 1 aromatic carbocycles. The Labute approximate surface area is 184 Å². The highest BCUT2D eigenvalue weighted by atomic mass is 15.3. The van der Waals surface area contributed by atoms with Crippen molar-refractivity contribution >= 4 is 5.82 Å². The van der Waals surface area contributed by atoms with Gasteiger partial charge >= 0.3 is 0 Å². The van der Waals surface area contributed by atoms with E-state index in [-0.39, 0.29) is 5.41 Å². The molecule has 2 heterocycles. The average molecular weight is 416 g/mol. The number of aromatic amines is 1. The minimum Gasteiger partial charge on any atom is -0.369 e. The second kappa shape index (κ2) is 7.25. The molecule has 3 aromatic rings. The largest absolute Gasteiger partial charge is 0.369 e. The molecule has 2 N–H and O–H groups in total. The Bertz CT molecular complexity index is 1080. The van der Waals surface area contributed by atoms with E-state index in [2.05, 4.69) is 58.0 Å². The Morgan fingerprint density at radius 1 is 1.19 bits per heavy atom. The van der Waals surface area contributed by atoms with Gasteiger partial charge in [-0.25, -0.2) is 0 Å². The van der Waals surface area contributed by atoms with Crippen LogP contribution in [0.4, 0.5) is 5.82 Å². The summed E-state index contributed by atoms with van der Waals surface area (Å²) >= 11 is 0. The van der Waals surface area contributed by atoms with Crippen LogP contribution in [0, 0.1) is 11.8 Å². The fraction of sp³-hybridized carbons (Fsp3) is 0.538. The van der Waals surface area contributed by atoms with E-state index in [1.165, 1.54) is 43.4 Å². The summed E-state index contributed by atoms with van der Waals surface area (Å²) < 4.78 is 1.85. The molecule has 6 rings (SSSR count). The summed E-state index contributed by atoms with van der Waals surface area (Å²) in [7, 11) is 1.97. The summed E-state index contributed by atoms with van der Waals surface area (Å²) in [6.07, 6.45) is 11.7. The van der Waals surface area contributed by atoms with E-state index in [1.54, 1.807) is 11.1 Å². The SMILES string of the molecule is Cn1ccc(NCCC[C@@H]2c3cn[nH]c3[C@@]3(C)CCC4c5ccccc5CCC4C23)n1. The molecule has 0 amide bonds. The maximum atomic E-state index is 4.50. The Hall–Kier alpha value is -2.56. The zero-order valence-corrected chi connectivity index (χ0v) is 18.6. The third-order valence-corrected chi connectivity index (χ3v) is 8.67. The topological polar surface area (TPSA) is 58.5 Å². The van der Waals surface area contributed by atoms with Crippen molar-refractivity contribution in [1.82, 2.24) is 20.0 Å². The predicted molar refractivity (Wildman–Crippen MR) is 123 cm³/mol. The molecule has 0 saturated heterocycles. The first-order valence-corrected chi connectivity index (χ1v) is 12.0. The summed E-state index contributed by atoms with van der Waals surface area (Å²) in [6.45, 7) is 3.50. The monoisotopic (exact) mass is 415 g/mol. The lowest BCUT2D eigenvalue weighted by atomic mass is 9.53. The number of nitrogens with zero attached hydrogens (tertiary/aromatic N) is 3. The zero-order valence-electron chi connectivity index (χ0n) is 18.6. The van der Waals surface area contributed by atoms with Gasteiger partial charge in [-0.1, -0.05) is 31.2 Å². The molecule has 0 aliphatic heterocycles. The zero-order chi connectivity index (χ0) is 21.0. The molecule has 0 bridgehead atoms. The number of fused-ring (bicyclic) bond motifs is 7. The molecule has 2 aromatic heterocycles. The van der Waals surface area contributed by atoms with Crippen LogP contribution in [0.15, 0.2) is 42.7 Å². The molecule has 3 unspecified atom stereocenters. The predicted octanol–water partition coefficient (Wildman–Crippen LogP) is 5.15. The first-order valence-electron chi connectivity index (χ1n) is 12.0. The molecule has 0 spiro atoms. The van der Waals surface area contributed by atoms with Crippen molar-refractivity contribution in [3.8, 4) is 0 Å². The van der Waals surface area contributed by atoms with Gasteiger partial charge in [-0.2, -0.15) is 10.2 Å². The third-order valence-electron chi connectivity index (χ3n) is 8.67. The summed E-state index contributed by atoms with van der Waals surface area (Å²) in [5.41, 5.74) is 6.44. The standard InChI is InChI=1S/C26H33N5/c1-26-13-11-19-18-7-4-3-6-17(18)9-10-21(19)24(26)20(22-16-28-29-25(22)26)8-5-14-27-23-12-15-31(2)30-23/h3-4,6-7,12,15-16,19-21,24H,5,8-11,13-14H2,1-2H3,(H,27,30)(H,28,29)/t19?,20-,21?,24?,26+/m1/s1. The van der Waals surface area contributed by atoms with Crippen LogP contribution in [0.25, 0.3) is 0 Å². The van der Waals surface area contributed by atoms with Gasteiger partial charge in [-0.15, -0.1) is 0 Å². The van der Waals surface area contributed by atoms with E-state index in [4.69, 9.17) is 0 Å². The van der Waals surface area contributed by atoms with E-state index >= 15 is 0 Å².